The van der Waals surface area contributed by atoms with Gasteiger partial charge in [0, 0.05) is 12.2 Å². The quantitative estimate of drug-likeness (QED) is 0.517. The van der Waals surface area contributed by atoms with Crippen LogP contribution < -0.4 is 16.0 Å². The number of aromatic nitrogens is 2. The minimum Gasteiger partial charge on any atom is -0.355 e. The van der Waals surface area contributed by atoms with Crippen LogP contribution in [0.3, 0.4) is 0 Å². The van der Waals surface area contributed by atoms with Crippen molar-refractivity contribution in [1.82, 2.24) is 15.5 Å². The number of benzene rings is 1. The predicted octanol–water partition coefficient (Wildman–Crippen LogP) is 3.11. The molecule has 0 saturated carbocycles. The number of rotatable bonds is 7. The third kappa shape index (κ3) is 6.17. The molecule has 0 bridgehead atoms. The van der Waals surface area contributed by atoms with Crippen LogP contribution in [0.15, 0.2) is 28.6 Å². The molecule has 128 valence electrons. The van der Waals surface area contributed by atoms with Crippen molar-refractivity contribution in [3.63, 3.8) is 0 Å². The Morgan fingerprint density at radius 2 is 1.92 bits per heavy atom. The van der Waals surface area contributed by atoms with Gasteiger partial charge in [0.1, 0.15) is 0 Å². The summed E-state index contributed by atoms with van der Waals surface area (Å²) >= 11 is 2.52. The molecule has 0 aliphatic heterocycles. The molecule has 1 heterocycles. The number of hydrogen-bond acceptors (Lipinski definition) is 6. The van der Waals surface area contributed by atoms with Gasteiger partial charge in [-0.3, -0.25) is 10.1 Å². The molecule has 0 radical (unpaired) electrons. The van der Waals surface area contributed by atoms with Crippen molar-refractivity contribution >= 4 is 45.9 Å². The first kappa shape index (κ1) is 18.2. The summed E-state index contributed by atoms with van der Waals surface area (Å²) in [6.07, 6.45) is 0.902. The lowest BCUT2D eigenvalue weighted by molar-refractivity contribution is -0.118. The number of hydrogen-bond donors (Lipinski definition) is 3. The Morgan fingerprint density at radius 3 is 2.62 bits per heavy atom. The molecule has 2 rings (SSSR count). The number of carbonyl (C=O) groups excluding carboxylic acids is 2. The molecule has 0 fully saturated rings. The number of thioether (sulfide) groups is 1. The fourth-order valence-corrected chi connectivity index (χ4v) is 3.23. The topological polar surface area (TPSA) is 96.0 Å². The molecule has 1 aromatic carbocycles. The van der Waals surface area contributed by atoms with E-state index in [0.717, 1.165) is 12.0 Å². The molecule has 0 aliphatic rings. The summed E-state index contributed by atoms with van der Waals surface area (Å²) in [7, 11) is 0. The minimum atomic E-state index is -0.382. The molecule has 7 nitrogen and oxygen atoms in total. The van der Waals surface area contributed by atoms with Crippen LogP contribution in [0.1, 0.15) is 18.9 Å². The number of carbonyl (C=O) groups is 2. The van der Waals surface area contributed by atoms with E-state index in [-0.39, 0.29) is 17.7 Å². The van der Waals surface area contributed by atoms with Crippen LogP contribution in [0.25, 0.3) is 0 Å². The lowest BCUT2D eigenvalue weighted by atomic mass is 10.2. The molecule has 2 aromatic rings. The molecule has 0 spiro atoms. The van der Waals surface area contributed by atoms with Gasteiger partial charge in [-0.2, -0.15) is 0 Å². The third-order valence-electron chi connectivity index (χ3n) is 2.84. The van der Waals surface area contributed by atoms with Crippen LogP contribution in [-0.2, 0) is 4.79 Å². The zero-order chi connectivity index (χ0) is 17.4. The van der Waals surface area contributed by atoms with Crippen LogP contribution in [-0.4, -0.2) is 34.4 Å². The summed E-state index contributed by atoms with van der Waals surface area (Å²) in [6, 6.07) is 7.10. The van der Waals surface area contributed by atoms with E-state index < -0.39 is 0 Å². The van der Waals surface area contributed by atoms with Crippen molar-refractivity contribution in [3.05, 3.63) is 29.8 Å². The maximum Gasteiger partial charge on any atom is 0.325 e. The van der Waals surface area contributed by atoms with E-state index in [1.54, 1.807) is 0 Å². The predicted molar refractivity (Wildman–Crippen MR) is 97.8 cm³/mol. The Hall–Kier alpha value is -2.13. The number of nitrogens with zero attached hydrogens (tertiary/aromatic N) is 2. The lowest BCUT2D eigenvalue weighted by Crippen LogP contribution is -2.25. The van der Waals surface area contributed by atoms with E-state index >= 15 is 0 Å². The Morgan fingerprint density at radius 1 is 1.17 bits per heavy atom. The molecule has 9 heteroatoms. The Balaban J connectivity index is 1.79. The van der Waals surface area contributed by atoms with Gasteiger partial charge in [-0.25, -0.2) is 4.79 Å². The van der Waals surface area contributed by atoms with Gasteiger partial charge in [-0.05, 0) is 25.5 Å². The number of aryl methyl sites for hydroxylation is 1. The molecule has 0 aliphatic carbocycles. The van der Waals surface area contributed by atoms with Crippen molar-refractivity contribution in [2.75, 3.05) is 22.9 Å². The van der Waals surface area contributed by atoms with Crippen LogP contribution in [0.5, 0.6) is 0 Å². The second-order valence-electron chi connectivity index (χ2n) is 4.96. The van der Waals surface area contributed by atoms with Gasteiger partial charge in [0.05, 0.1) is 5.75 Å². The van der Waals surface area contributed by atoms with Gasteiger partial charge in [-0.15, -0.1) is 10.2 Å². The van der Waals surface area contributed by atoms with E-state index in [2.05, 4.69) is 26.1 Å². The van der Waals surface area contributed by atoms with E-state index in [4.69, 9.17) is 0 Å². The highest BCUT2D eigenvalue weighted by atomic mass is 32.2. The molecule has 3 amide bonds. The summed E-state index contributed by atoms with van der Waals surface area (Å²) in [6.45, 7) is 4.64. The van der Waals surface area contributed by atoms with Crippen molar-refractivity contribution in [1.29, 1.82) is 0 Å². The standard InChI is InChI=1S/C15H19N5O2S2/c1-3-8-16-12(21)9-23-15-20-19-14(24-15)18-13(22)17-11-6-4-10(2)5-7-11/h4-7H,3,8-9H2,1-2H3,(H,16,21)(H2,17,18,19,22). The van der Waals surface area contributed by atoms with Crippen molar-refractivity contribution in [2.24, 2.45) is 0 Å². The minimum absolute atomic E-state index is 0.0383. The number of amides is 3. The van der Waals surface area contributed by atoms with Gasteiger partial charge in [0.15, 0.2) is 4.34 Å². The second kappa shape index (κ2) is 9.24. The summed E-state index contributed by atoms with van der Waals surface area (Å²) < 4.78 is 0.632. The molecular formula is C15H19N5O2S2. The molecule has 0 atom stereocenters. The zero-order valence-corrected chi connectivity index (χ0v) is 15.1. The van der Waals surface area contributed by atoms with E-state index in [1.807, 2.05) is 38.1 Å². The average Bonchev–Trinajstić information content (AvgIpc) is 3.00. The van der Waals surface area contributed by atoms with E-state index in [1.165, 1.54) is 23.1 Å². The summed E-state index contributed by atoms with van der Waals surface area (Å²) in [4.78, 5) is 23.4. The Labute approximate surface area is 148 Å². The average molecular weight is 365 g/mol. The monoisotopic (exact) mass is 365 g/mol. The van der Waals surface area contributed by atoms with Crippen LogP contribution in [0.4, 0.5) is 15.6 Å². The van der Waals surface area contributed by atoms with Gasteiger partial charge in [0.2, 0.25) is 11.0 Å². The van der Waals surface area contributed by atoms with Crippen molar-refractivity contribution in [2.45, 2.75) is 24.6 Å². The zero-order valence-electron chi connectivity index (χ0n) is 13.5. The first-order chi connectivity index (χ1) is 11.6. The van der Waals surface area contributed by atoms with Gasteiger partial charge >= 0.3 is 6.03 Å². The van der Waals surface area contributed by atoms with Gasteiger partial charge in [-0.1, -0.05) is 47.7 Å². The largest absolute Gasteiger partial charge is 0.355 e. The number of nitrogens with one attached hydrogen (secondary N) is 3. The van der Waals surface area contributed by atoms with E-state index in [0.29, 0.717) is 21.7 Å². The smallest absolute Gasteiger partial charge is 0.325 e. The van der Waals surface area contributed by atoms with Gasteiger partial charge < -0.3 is 10.6 Å². The van der Waals surface area contributed by atoms with Crippen molar-refractivity contribution < 1.29 is 9.59 Å². The third-order valence-corrected chi connectivity index (χ3v) is 4.81. The van der Waals surface area contributed by atoms with Crippen molar-refractivity contribution in [3.8, 4) is 0 Å². The molecule has 0 saturated heterocycles. The fraction of sp³-hybridized carbons (Fsp3) is 0.333. The molecule has 3 N–H and O–H groups in total. The molecule has 1 aromatic heterocycles. The number of anilines is 2. The second-order valence-corrected chi connectivity index (χ2v) is 7.16. The Kier molecular flexibility index (Phi) is 7.01. The highest BCUT2D eigenvalue weighted by molar-refractivity contribution is 8.01. The highest BCUT2D eigenvalue weighted by Gasteiger charge is 2.10. The maximum atomic E-state index is 11.9. The highest BCUT2D eigenvalue weighted by Crippen LogP contribution is 2.25. The maximum absolute atomic E-state index is 11.9. The fourth-order valence-electron chi connectivity index (χ4n) is 1.66. The molecule has 24 heavy (non-hydrogen) atoms. The molecular weight excluding hydrogens is 346 g/mol. The van der Waals surface area contributed by atoms with Crippen LogP contribution in [0.2, 0.25) is 0 Å². The summed E-state index contributed by atoms with van der Waals surface area (Å²) in [5.41, 5.74) is 1.82. The normalized spacial score (nSPS) is 10.2. The van der Waals surface area contributed by atoms with E-state index in [9.17, 15) is 9.59 Å². The Bertz CT molecular complexity index is 687. The van der Waals surface area contributed by atoms with Gasteiger partial charge in [0.25, 0.3) is 0 Å². The molecule has 0 unspecified atom stereocenters. The van der Waals surface area contributed by atoms with Crippen LogP contribution in [0, 0.1) is 6.92 Å². The number of urea groups is 1. The lowest BCUT2D eigenvalue weighted by Gasteiger charge is -2.05. The first-order valence-corrected chi connectivity index (χ1v) is 9.24. The summed E-state index contributed by atoms with van der Waals surface area (Å²) in [5.74, 6) is 0.244. The summed E-state index contributed by atoms with van der Waals surface area (Å²) in [5, 5.41) is 16.4. The SMILES string of the molecule is CCCNC(=O)CSc1nnc(NC(=O)Nc2ccc(C)cc2)s1. The van der Waals surface area contributed by atoms with Crippen LogP contribution >= 0.6 is 23.1 Å². The first-order valence-electron chi connectivity index (χ1n) is 7.44.